The molecule has 0 atom stereocenters. The molecule has 4 heteroatoms. The second-order valence-electron chi connectivity index (χ2n) is 6.69. The van der Waals surface area contributed by atoms with Crippen molar-refractivity contribution in [2.45, 2.75) is 52.6 Å². The van der Waals surface area contributed by atoms with E-state index in [2.05, 4.69) is 67.7 Å². The summed E-state index contributed by atoms with van der Waals surface area (Å²) in [6.07, 6.45) is 4.49. The predicted octanol–water partition coefficient (Wildman–Crippen LogP) is 3.46. The van der Waals surface area contributed by atoms with Gasteiger partial charge in [-0.2, -0.15) is 0 Å². The molecule has 0 saturated heterocycles. The van der Waals surface area contributed by atoms with Crippen molar-refractivity contribution in [3.63, 3.8) is 0 Å². The predicted molar refractivity (Wildman–Crippen MR) is 90.0 cm³/mol. The molecule has 2 aromatic heterocycles. The van der Waals surface area contributed by atoms with Gasteiger partial charge >= 0.3 is 0 Å². The third kappa shape index (κ3) is 3.97. The van der Waals surface area contributed by atoms with Crippen LogP contribution in [0.1, 0.15) is 46.2 Å². The van der Waals surface area contributed by atoms with Gasteiger partial charge in [-0.25, -0.2) is 4.98 Å². The molecule has 0 aromatic carbocycles. The maximum atomic E-state index is 4.82. The standard InChI is InChI=1S/C17H28N4/c1-6-7-11-20(5)16-14(13-18-17(2,3)4)21-12-9-8-10-15(21)19-16/h8-10,12,18H,6-7,11,13H2,1-5H3. The third-order valence-electron chi connectivity index (χ3n) is 3.60. The molecule has 0 amide bonds. The van der Waals surface area contributed by atoms with Crippen molar-refractivity contribution >= 4 is 11.5 Å². The lowest BCUT2D eigenvalue weighted by Crippen LogP contribution is -2.36. The zero-order valence-electron chi connectivity index (χ0n) is 14.0. The van der Waals surface area contributed by atoms with Crippen LogP contribution in [-0.2, 0) is 6.54 Å². The van der Waals surface area contributed by atoms with Crippen LogP contribution in [0.2, 0.25) is 0 Å². The molecule has 0 radical (unpaired) electrons. The highest BCUT2D eigenvalue weighted by atomic mass is 15.2. The first kappa shape index (κ1) is 15.8. The fraction of sp³-hybridized carbons (Fsp3) is 0.588. The molecule has 0 aliphatic heterocycles. The molecule has 4 nitrogen and oxygen atoms in total. The number of hydrogen-bond acceptors (Lipinski definition) is 3. The van der Waals surface area contributed by atoms with Crippen molar-refractivity contribution < 1.29 is 0 Å². The van der Waals surface area contributed by atoms with Crippen molar-refractivity contribution in [3.05, 3.63) is 30.1 Å². The summed E-state index contributed by atoms with van der Waals surface area (Å²) >= 11 is 0. The highest BCUT2D eigenvalue weighted by Crippen LogP contribution is 2.22. The molecule has 2 aromatic rings. The zero-order chi connectivity index (χ0) is 15.5. The van der Waals surface area contributed by atoms with Crippen LogP contribution in [0.4, 0.5) is 5.82 Å². The van der Waals surface area contributed by atoms with Crippen molar-refractivity contribution in [2.24, 2.45) is 0 Å². The minimum Gasteiger partial charge on any atom is -0.358 e. The second kappa shape index (κ2) is 6.48. The molecule has 0 fully saturated rings. The molecular weight excluding hydrogens is 260 g/mol. The Morgan fingerprint density at radius 1 is 1.29 bits per heavy atom. The Hall–Kier alpha value is -1.55. The van der Waals surface area contributed by atoms with Gasteiger partial charge in [-0.05, 0) is 39.3 Å². The Kier molecular flexibility index (Phi) is 4.88. The van der Waals surface area contributed by atoms with Gasteiger partial charge in [0.25, 0.3) is 0 Å². The number of anilines is 1. The van der Waals surface area contributed by atoms with Gasteiger partial charge in [0.05, 0.1) is 5.69 Å². The second-order valence-corrected chi connectivity index (χ2v) is 6.69. The average molecular weight is 288 g/mol. The normalized spacial score (nSPS) is 12.0. The van der Waals surface area contributed by atoms with Crippen molar-refractivity contribution in [3.8, 4) is 0 Å². The van der Waals surface area contributed by atoms with Crippen LogP contribution in [0.25, 0.3) is 5.65 Å². The van der Waals surface area contributed by atoms with Gasteiger partial charge in [0.1, 0.15) is 5.65 Å². The summed E-state index contributed by atoms with van der Waals surface area (Å²) in [5.41, 5.74) is 2.35. The number of rotatable bonds is 6. The van der Waals surface area contributed by atoms with E-state index in [-0.39, 0.29) is 5.54 Å². The summed E-state index contributed by atoms with van der Waals surface area (Å²) in [6.45, 7) is 10.7. The Balaban J connectivity index is 2.33. The van der Waals surface area contributed by atoms with E-state index in [1.54, 1.807) is 0 Å². The summed E-state index contributed by atoms with van der Waals surface area (Å²) in [4.78, 5) is 7.09. The minimum atomic E-state index is 0.0954. The molecule has 21 heavy (non-hydrogen) atoms. The molecule has 0 spiro atoms. The van der Waals surface area contributed by atoms with Crippen molar-refractivity contribution in [1.82, 2.24) is 14.7 Å². The molecule has 0 saturated carbocycles. The van der Waals surface area contributed by atoms with Gasteiger partial charge < -0.3 is 14.6 Å². The molecule has 0 aliphatic carbocycles. The molecule has 0 unspecified atom stereocenters. The van der Waals surface area contributed by atoms with E-state index < -0.39 is 0 Å². The quantitative estimate of drug-likeness (QED) is 0.883. The molecule has 2 rings (SSSR count). The first-order chi connectivity index (χ1) is 9.92. The van der Waals surface area contributed by atoms with E-state index in [1.165, 1.54) is 18.5 Å². The number of hydrogen-bond donors (Lipinski definition) is 1. The lowest BCUT2D eigenvalue weighted by atomic mass is 10.1. The zero-order valence-corrected chi connectivity index (χ0v) is 14.0. The van der Waals surface area contributed by atoms with Crippen molar-refractivity contribution in [1.29, 1.82) is 0 Å². The summed E-state index contributed by atoms with van der Waals surface area (Å²) in [5.74, 6) is 1.09. The topological polar surface area (TPSA) is 32.6 Å². The molecule has 116 valence electrons. The number of aromatic nitrogens is 2. The molecular formula is C17H28N4. The van der Waals surface area contributed by atoms with Crippen LogP contribution >= 0.6 is 0 Å². The summed E-state index contributed by atoms with van der Waals surface area (Å²) in [7, 11) is 2.14. The van der Waals surface area contributed by atoms with E-state index >= 15 is 0 Å². The Morgan fingerprint density at radius 3 is 2.71 bits per heavy atom. The highest BCUT2D eigenvalue weighted by Gasteiger charge is 2.17. The number of fused-ring (bicyclic) bond motifs is 1. The van der Waals surface area contributed by atoms with Gasteiger partial charge in [0.15, 0.2) is 5.82 Å². The van der Waals surface area contributed by atoms with E-state index in [9.17, 15) is 0 Å². The van der Waals surface area contributed by atoms with Crippen LogP contribution in [0.5, 0.6) is 0 Å². The smallest absolute Gasteiger partial charge is 0.152 e. The first-order valence-corrected chi connectivity index (χ1v) is 7.84. The average Bonchev–Trinajstić information content (AvgIpc) is 2.80. The first-order valence-electron chi connectivity index (χ1n) is 7.84. The number of nitrogens with one attached hydrogen (secondary N) is 1. The molecule has 0 bridgehead atoms. The summed E-state index contributed by atoms with van der Waals surface area (Å²) in [5, 5.41) is 3.58. The Morgan fingerprint density at radius 2 is 2.05 bits per heavy atom. The molecule has 1 N–H and O–H groups in total. The van der Waals surface area contributed by atoms with Crippen molar-refractivity contribution in [2.75, 3.05) is 18.5 Å². The van der Waals surface area contributed by atoms with Gasteiger partial charge in [-0.3, -0.25) is 0 Å². The van der Waals surface area contributed by atoms with Crippen LogP contribution in [-0.4, -0.2) is 28.5 Å². The number of nitrogens with zero attached hydrogens (tertiary/aromatic N) is 3. The highest BCUT2D eigenvalue weighted by molar-refractivity contribution is 5.55. The lowest BCUT2D eigenvalue weighted by molar-refractivity contribution is 0.420. The fourth-order valence-electron chi connectivity index (χ4n) is 2.35. The largest absolute Gasteiger partial charge is 0.358 e. The van der Waals surface area contributed by atoms with Gasteiger partial charge in [0.2, 0.25) is 0 Å². The van der Waals surface area contributed by atoms with Crippen LogP contribution in [0, 0.1) is 0 Å². The molecule has 0 aliphatic rings. The maximum Gasteiger partial charge on any atom is 0.152 e. The SMILES string of the molecule is CCCCN(C)c1nc2ccccn2c1CNC(C)(C)C. The van der Waals surface area contributed by atoms with Gasteiger partial charge in [0, 0.05) is 31.9 Å². The van der Waals surface area contributed by atoms with E-state index in [0.717, 1.165) is 24.6 Å². The summed E-state index contributed by atoms with van der Waals surface area (Å²) in [6, 6.07) is 6.17. The monoisotopic (exact) mass is 288 g/mol. The van der Waals surface area contributed by atoms with Gasteiger partial charge in [-0.1, -0.05) is 19.4 Å². The van der Waals surface area contributed by atoms with E-state index in [4.69, 9.17) is 4.98 Å². The number of unbranched alkanes of at least 4 members (excludes halogenated alkanes) is 1. The van der Waals surface area contributed by atoms with Crippen LogP contribution < -0.4 is 10.2 Å². The number of pyridine rings is 1. The fourth-order valence-corrected chi connectivity index (χ4v) is 2.35. The molecule has 2 heterocycles. The van der Waals surface area contributed by atoms with Gasteiger partial charge in [-0.15, -0.1) is 0 Å². The Labute approximate surface area is 128 Å². The van der Waals surface area contributed by atoms with E-state index in [0.29, 0.717) is 0 Å². The Bertz CT molecular complexity index is 580. The van der Waals surface area contributed by atoms with Crippen LogP contribution in [0.15, 0.2) is 24.4 Å². The third-order valence-corrected chi connectivity index (χ3v) is 3.60. The van der Waals surface area contributed by atoms with Crippen LogP contribution in [0.3, 0.4) is 0 Å². The number of imidazole rings is 1. The summed E-state index contributed by atoms with van der Waals surface area (Å²) < 4.78 is 2.19. The maximum absolute atomic E-state index is 4.82. The lowest BCUT2D eigenvalue weighted by Gasteiger charge is -2.23. The minimum absolute atomic E-state index is 0.0954. The van der Waals surface area contributed by atoms with E-state index in [1.807, 2.05) is 6.07 Å².